The fourth-order valence-corrected chi connectivity index (χ4v) is 4.39. The second-order valence-corrected chi connectivity index (χ2v) is 8.74. The van der Waals surface area contributed by atoms with Crippen LogP contribution < -0.4 is 5.32 Å². The molecule has 2 fully saturated rings. The van der Waals surface area contributed by atoms with Crippen molar-refractivity contribution in [2.75, 3.05) is 58.9 Å². The molecule has 0 aromatic carbocycles. The van der Waals surface area contributed by atoms with Crippen LogP contribution in [0, 0.1) is 0 Å². The summed E-state index contributed by atoms with van der Waals surface area (Å²) in [5.41, 5.74) is 0. The number of unbranched alkanes of at least 4 members (excludes halogenated alkanes) is 11. The van der Waals surface area contributed by atoms with Gasteiger partial charge in [0, 0.05) is 58.9 Å². The van der Waals surface area contributed by atoms with E-state index < -0.39 is 0 Å². The predicted molar refractivity (Wildman–Crippen MR) is 119 cm³/mol. The molecule has 164 valence electrons. The summed E-state index contributed by atoms with van der Waals surface area (Å²) in [5, 5.41) is 3.38. The molecule has 2 saturated heterocycles. The van der Waals surface area contributed by atoms with Gasteiger partial charge in [0.05, 0.1) is 0 Å². The van der Waals surface area contributed by atoms with E-state index in [9.17, 15) is 4.79 Å². The lowest BCUT2D eigenvalue weighted by molar-refractivity contribution is 0.177. The van der Waals surface area contributed by atoms with Crippen LogP contribution in [0.2, 0.25) is 0 Å². The van der Waals surface area contributed by atoms with Crippen molar-refractivity contribution >= 4 is 6.03 Å². The molecule has 2 aliphatic heterocycles. The Morgan fingerprint density at radius 1 is 0.643 bits per heavy atom. The van der Waals surface area contributed by atoms with E-state index in [1.807, 2.05) is 0 Å². The maximum atomic E-state index is 12.5. The van der Waals surface area contributed by atoms with Gasteiger partial charge in [-0.1, -0.05) is 77.6 Å². The lowest BCUT2D eigenvalue weighted by atomic mass is 10.1. The van der Waals surface area contributed by atoms with E-state index in [1.54, 1.807) is 0 Å². The quantitative estimate of drug-likeness (QED) is 0.396. The Morgan fingerprint density at radius 3 is 1.71 bits per heavy atom. The van der Waals surface area contributed by atoms with Crippen LogP contribution in [0.3, 0.4) is 0 Å². The Balaban J connectivity index is 1.39. The minimum Gasteiger partial charge on any atom is -0.323 e. The number of carbonyl (C=O) groups excluding carboxylic acids is 1. The second-order valence-electron chi connectivity index (χ2n) is 8.74. The Kier molecular flexibility index (Phi) is 12.6. The van der Waals surface area contributed by atoms with Gasteiger partial charge < -0.3 is 15.1 Å². The van der Waals surface area contributed by atoms with Crippen molar-refractivity contribution in [3.05, 3.63) is 0 Å². The summed E-state index contributed by atoms with van der Waals surface area (Å²) in [6, 6.07) is 0.276. The Labute approximate surface area is 174 Å². The molecule has 0 saturated carbocycles. The van der Waals surface area contributed by atoms with E-state index >= 15 is 0 Å². The topological polar surface area (TPSA) is 38.8 Å². The van der Waals surface area contributed by atoms with E-state index in [0.717, 1.165) is 58.9 Å². The third kappa shape index (κ3) is 9.60. The zero-order valence-electron chi connectivity index (χ0n) is 18.6. The average Bonchev–Trinajstić information content (AvgIpc) is 3.07. The highest BCUT2D eigenvalue weighted by Gasteiger charge is 2.27. The molecule has 0 aromatic heterocycles. The SMILES string of the molecule is CCCCCCCCCCCCCCN1CCN(CCN2CCNCC2)C1=O. The lowest BCUT2D eigenvalue weighted by Gasteiger charge is -2.29. The number of carbonyl (C=O) groups is 1. The van der Waals surface area contributed by atoms with Gasteiger partial charge in [-0.05, 0) is 6.42 Å². The van der Waals surface area contributed by atoms with Crippen LogP contribution in [0.15, 0.2) is 0 Å². The molecule has 5 nitrogen and oxygen atoms in total. The summed E-state index contributed by atoms with van der Waals surface area (Å²) in [6.07, 6.45) is 16.5. The monoisotopic (exact) mass is 394 g/mol. The molecule has 1 N–H and O–H groups in total. The standard InChI is InChI=1S/C23H46N4O/c1-2-3-4-5-6-7-8-9-10-11-12-13-16-26-21-22-27(23(26)28)20-19-25-17-14-24-15-18-25/h24H,2-22H2,1H3. The van der Waals surface area contributed by atoms with Gasteiger partial charge >= 0.3 is 6.03 Å². The number of hydrogen-bond donors (Lipinski definition) is 1. The van der Waals surface area contributed by atoms with Crippen molar-refractivity contribution in [3.8, 4) is 0 Å². The minimum atomic E-state index is 0.276. The summed E-state index contributed by atoms with van der Waals surface area (Å²) in [5.74, 6) is 0. The van der Waals surface area contributed by atoms with Gasteiger partial charge in [-0.2, -0.15) is 0 Å². The van der Waals surface area contributed by atoms with Gasteiger partial charge in [-0.3, -0.25) is 4.90 Å². The molecular formula is C23H46N4O. The van der Waals surface area contributed by atoms with Crippen LogP contribution in [0.4, 0.5) is 4.79 Å². The van der Waals surface area contributed by atoms with Crippen LogP contribution in [0.5, 0.6) is 0 Å². The molecular weight excluding hydrogens is 348 g/mol. The first-order valence-corrected chi connectivity index (χ1v) is 12.3. The lowest BCUT2D eigenvalue weighted by Crippen LogP contribution is -2.46. The van der Waals surface area contributed by atoms with E-state index in [4.69, 9.17) is 0 Å². The predicted octanol–water partition coefficient (Wildman–Crippen LogP) is 4.33. The zero-order valence-corrected chi connectivity index (χ0v) is 18.6. The average molecular weight is 395 g/mol. The molecule has 0 atom stereocenters. The van der Waals surface area contributed by atoms with Crippen LogP contribution in [0.25, 0.3) is 0 Å². The summed E-state index contributed by atoms with van der Waals surface area (Å²) in [4.78, 5) is 19.1. The van der Waals surface area contributed by atoms with Crippen LogP contribution in [0.1, 0.15) is 84.0 Å². The van der Waals surface area contributed by atoms with Gasteiger partial charge in [-0.25, -0.2) is 4.79 Å². The van der Waals surface area contributed by atoms with Crippen molar-refractivity contribution in [2.24, 2.45) is 0 Å². The summed E-state index contributed by atoms with van der Waals surface area (Å²) >= 11 is 0. The molecule has 2 aliphatic rings. The van der Waals surface area contributed by atoms with Gasteiger partial charge in [0.15, 0.2) is 0 Å². The molecule has 0 bridgehead atoms. The first kappa shape index (κ1) is 23.5. The highest BCUT2D eigenvalue weighted by atomic mass is 16.2. The zero-order chi connectivity index (χ0) is 19.9. The van der Waals surface area contributed by atoms with Gasteiger partial charge in [-0.15, -0.1) is 0 Å². The minimum absolute atomic E-state index is 0.276. The summed E-state index contributed by atoms with van der Waals surface area (Å²) < 4.78 is 0. The van der Waals surface area contributed by atoms with Gasteiger partial charge in [0.1, 0.15) is 0 Å². The third-order valence-corrected chi connectivity index (χ3v) is 6.36. The fourth-order valence-electron chi connectivity index (χ4n) is 4.39. The first-order chi connectivity index (χ1) is 13.8. The molecule has 5 heteroatoms. The molecule has 0 aliphatic carbocycles. The molecule has 0 aromatic rings. The van der Waals surface area contributed by atoms with Crippen LogP contribution >= 0.6 is 0 Å². The maximum absolute atomic E-state index is 12.5. The molecule has 2 heterocycles. The molecule has 0 radical (unpaired) electrons. The Bertz CT molecular complexity index is 398. The number of rotatable bonds is 16. The van der Waals surface area contributed by atoms with Crippen molar-refractivity contribution in [2.45, 2.75) is 84.0 Å². The highest BCUT2D eigenvalue weighted by molar-refractivity contribution is 5.76. The summed E-state index contributed by atoms with van der Waals surface area (Å²) in [7, 11) is 0. The van der Waals surface area contributed by atoms with Crippen molar-refractivity contribution in [1.29, 1.82) is 0 Å². The Morgan fingerprint density at radius 2 is 1.14 bits per heavy atom. The van der Waals surface area contributed by atoms with Crippen molar-refractivity contribution < 1.29 is 4.79 Å². The number of hydrogen-bond acceptors (Lipinski definition) is 3. The van der Waals surface area contributed by atoms with Crippen LogP contribution in [-0.2, 0) is 0 Å². The normalized spacial score (nSPS) is 18.4. The van der Waals surface area contributed by atoms with Crippen LogP contribution in [-0.4, -0.2) is 79.6 Å². The number of nitrogens with one attached hydrogen (secondary N) is 1. The molecule has 2 amide bonds. The maximum Gasteiger partial charge on any atom is 0.320 e. The number of nitrogens with zero attached hydrogens (tertiary/aromatic N) is 3. The second kappa shape index (κ2) is 15.1. The smallest absolute Gasteiger partial charge is 0.320 e. The Hall–Kier alpha value is -0.810. The molecule has 2 rings (SSSR count). The van der Waals surface area contributed by atoms with Gasteiger partial charge in [0.25, 0.3) is 0 Å². The van der Waals surface area contributed by atoms with Crippen molar-refractivity contribution in [3.63, 3.8) is 0 Å². The fraction of sp³-hybridized carbons (Fsp3) is 0.957. The largest absolute Gasteiger partial charge is 0.323 e. The number of urea groups is 1. The first-order valence-electron chi connectivity index (χ1n) is 12.3. The molecule has 0 unspecified atom stereocenters. The molecule has 28 heavy (non-hydrogen) atoms. The van der Waals surface area contributed by atoms with E-state index in [2.05, 4.69) is 26.9 Å². The number of piperazine rings is 1. The highest BCUT2D eigenvalue weighted by Crippen LogP contribution is 2.14. The number of amides is 2. The van der Waals surface area contributed by atoms with Crippen molar-refractivity contribution in [1.82, 2.24) is 20.0 Å². The van der Waals surface area contributed by atoms with E-state index in [-0.39, 0.29) is 6.03 Å². The third-order valence-electron chi connectivity index (χ3n) is 6.36. The van der Waals surface area contributed by atoms with E-state index in [0.29, 0.717) is 0 Å². The summed E-state index contributed by atoms with van der Waals surface area (Å²) in [6.45, 7) is 11.4. The van der Waals surface area contributed by atoms with Gasteiger partial charge in [0.2, 0.25) is 0 Å². The van der Waals surface area contributed by atoms with E-state index in [1.165, 1.54) is 77.0 Å². The molecule has 0 spiro atoms.